The molecule has 3 heterocycles. The van der Waals surface area contributed by atoms with Crippen LogP contribution in [0.1, 0.15) is 23.7 Å². The minimum atomic E-state index is -0.219. The molecule has 3 aromatic rings. The number of ether oxygens (including phenoxy) is 1. The van der Waals surface area contributed by atoms with Crippen LogP contribution in [0.15, 0.2) is 55.0 Å². The van der Waals surface area contributed by atoms with Crippen LogP contribution in [0, 0.1) is 0 Å². The summed E-state index contributed by atoms with van der Waals surface area (Å²) >= 11 is 0. The van der Waals surface area contributed by atoms with E-state index in [1.165, 1.54) is 11.1 Å². The van der Waals surface area contributed by atoms with Gasteiger partial charge in [0.15, 0.2) is 0 Å². The number of pyridine rings is 1. The van der Waals surface area contributed by atoms with Crippen molar-refractivity contribution >= 4 is 17.4 Å². The number of fused-ring (bicyclic) bond motifs is 2. The van der Waals surface area contributed by atoms with Gasteiger partial charge in [0.05, 0.1) is 18.4 Å². The summed E-state index contributed by atoms with van der Waals surface area (Å²) < 4.78 is 7.73. The maximum atomic E-state index is 12.1. The number of benzene rings is 1. The van der Waals surface area contributed by atoms with Gasteiger partial charge in [-0.1, -0.05) is 24.3 Å². The Kier molecular flexibility index (Phi) is 4.35. The van der Waals surface area contributed by atoms with Crippen LogP contribution >= 0.6 is 0 Å². The van der Waals surface area contributed by atoms with E-state index >= 15 is 0 Å². The monoisotopic (exact) mass is 336 g/mol. The lowest BCUT2D eigenvalue weighted by molar-refractivity contribution is 0.0373. The molecule has 128 valence electrons. The fourth-order valence-electron chi connectivity index (χ4n) is 3.20. The molecule has 0 fully saturated rings. The van der Waals surface area contributed by atoms with Gasteiger partial charge in [-0.25, -0.2) is 9.78 Å². The average molecular weight is 336 g/mol. The van der Waals surface area contributed by atoms with Gasteiger partial charge in [0.25, 0.3) is 0 Å². The Labute approximate surface area is 145 Å². The first kappa shape index (κ1) is 15.7. The van der Waals surface area contributed by atoms with E-state index in [1.807, 2.05) is 35.0 Å². The molecule has 1 atom stereocenters. The van der Waals surface area contributed by atoms with E-state index in [0.717, 1.165) is 30.8 Å². The third-order valence-electron chi connectivity index (χ3n) is 4.43. The second-order valence-electron chi connectivity index (χ2n) is 6.09. The number of anilines is 1. The van der Waals surface area contributed by atoms with Crippen molar-refractivity contribution in [2.45, 2.75) is 18.9 Å². The molecule has 6 nitrogen and oxygen atoms in total. The number of hydrogen-bond acceptors (Lipinski definition) is 3. The zero-order valence-corrected chi connectivity index (χ0v) is 13.8. The zero-order valence-electron chi connectivity index (χ0n) is 13.8. The highest BCUT2D eigenvalue weighted by Crippen LogP contribution is 2.28. The molecule has 2 amide bonds. The number of rotatable bonds is 4. The Hall–Kier alpha value is -2.86. The van der Waals surface area contributed by atoms with Crippen molar-refractivity contribution in [2.75, 3.05) is 18.5 Å². The number of urea groups is 1. The van der Waals surface area contributed by atoms with Crippen LogP contribution in [-0.2, 0) is 11.2 Å². The minimum absolute atomic E-state index is 0.0487. The lowest BCUT2D eigenvalue weighted by atomic mass is 9.96. The van der Waals surface area contributed by atoms with Crippen molar-refractivity contribution in [3.05, 3.63) is 66.1 Å². The molecular weight excluding hydrogens is 316 g/mol. The molecule has 0 bridgehead atoms. The van der Waals surface area contributed by atoms with Gasteiger partial charge in [-0.3, -0.25) is 0 Å². The van der Waals surface area contributed by atoms with Gasteiger partial charge in [0.1, 0.15) is 5.65 Å². The zero-order chi connectivity index (χ0) is 17.1. The molecule has 2 N–H and O–H groups in total. The summed E-state index contributed by atoms with van der Waals surface area (Å²) in [5.41, 5.74) is 4.15. The quantitative estimate of drug-likeness (QED) is 0.769. The summed E-state index contributed by atoms with van der Waals surface area (Å²) in [5.74, 6) is 0. The molecule has 1 unspecified atom stereocenters. The smallest absolute Gasteiger partial charge is 0.319 e. The Morgan fingerprint density at radius 1 is 1.28 bits per heavy atom. The van der Waals surface area contributed by atoms with Gasteiger partial charge in [0.2, 0.25) is 0 Å². The first-order valence-corrected chi connectivity index (χ1v) is 8.46. The number of nitrogens with one attached hydrogen (secondary N) is 2. The van der Waals surface area contributed by atoms with Crippen LogP contribution in [0.3, 0.4) is 0 Å². The predicted molar refractivity (Wildman–Crippen MR) is 95.7 cm³/mol. The number of carbonyl (C=O) groups excluding carboxylic acids is 1. The number of amides is 2. The molecule has 0 saturated carbocycles. The van der Waals surface area contributed by atoms with Gasteiger partial charge in [-0.2, -0.15) is 0 Å². The van der Waals surface area contributed by atoms with E-state index in [0.29, 0.717) is 6.54 Å². The normalized spacial score (nSPS) is 16.4. The van der Waals surface area contributed by atoms with Crippen molar-refractivity contribution in [1.29, 1.82) is 0 Å². The van der Waals surface area contributed by atoms with E-state index in [4.69, 9.17) is 4.74 Å². The topological polar surface area (TPSA) is 67.7 Å². The summed E-state index contributed by atoms with van der Waals surface area (Å²) in [5, 5.41) is 5.74. The maximum absolute atomic E-state index is 12.1. The third-order valence-corrected chi connectivity index (χ3v) is 4.43. The maximum Gasteiger partial charge on any atom is 0.319 e. The Bertz CT molecular complexity index is 890. The molecule has 0 saturated heterocycles. The second-order valence-corrected chi connectivity index (χ2v) is 6.09. The summed E-state index contributed by atoms with van der Waals surface area (Å²) in [4.78, 5) is 16.3. The molecule has 25 heavy (non-hydrogen) atoms. The van der Waals surface area contributed by atoms with Gasteiger partial charge >= 0.3 is 6.03 Å². The van der Waals surface area contributed by atoms with Crippen LogP contribution in [0.25, 0.3) is 5.65 Å². The van der Waals surface area contributed by atoms with E-state index < -0.39 is 0 Å². The van der Waals surface area contributed by atoms with E-state index in [1.54, 1.807) is 6.20 Å². The lowest BCUT2D eigenvalue weighted by Gasteiger charge is -2.26. The number of hydrogen-bond donors (Lipinski definition) is 2. The molecular formula is C19H20N4O2. The first-order chi connectivity index (χ1) is 12.3. The van der Waals surface area contributed by atoms with Crippen LogP contribution < -0.4 is 10.6 Å². The predicted octanol–water partition coefficient (Wildman–Crippen LogP) is 3.16. The molecule has 4 rings (SSSR count). The molecule has 1 aliphatic heterocycles. The van der Waals surface area contributed by atoms with Crippen molar-refractivity contribution in [3.63, 3.8) is 0 Å². The van der Waals surface area contributed by atoms with Crippen LogP contribution in [0.4, 0.5) is 10.5 Å². The number of nitrogens with zero attached hydrogens (tertiary/aromatic N) is 2. The molecule has 0 aliphatic carbocycles. The Morgan fingerprint density at radius 2 is 2.20 bits per heavy atom. The standard InChI is InChI=1S/C19H20N4O2/c24-19(22-15-5-6-18-20-10-11-23(18)13-15)21-9-7-17-16-4-2-1-3-14(16)8-12-25-17/h1-6,10-11,13,17H,7-9,12H2,(H2,21,22,24). The molecule has 2 aromatic heterocycles. The second kappa shape index (κ2) is 6.94. The first-order valence-electron chi connectivity index (χ1n) is 8.46. The highest BCUT2D eigenvalue weighted by Gasteiger charge is 2.20. The highest BCUT2D eigenvalue weighted by molar-refractivity contribution is 5.89. The van der Waals surface area contributed by atoms with Crippen molar-refractivity contribution in [3.8, 4) is 0 Å². The average Bonchev–Trinajstić information content (AvgIpc) is 3.10. The van der Waals surface area contributed by atoms with Gasteiger partial charge in [-0.05, 0) is 36.1 Å². The summed E-state index contributed by atoms with van der Waals surface area (Å²) in [6.07, 6.45) is 7.16. The summed E-state index contributed by atoms with van der Waals surface area (Å²) in [6, 6.07) is 11.8. The van der Waals surface area contributed by atoms with Crippen LogP contribution in [0.5, 0.6) is 0 Å². The third kappa shape index (κ3) is 3.49. The van der Waals surface area contributed by atoms with E-state index in [9.17, 15) is 4.79 Å². The number of carbonyl (C=O) groups is 1. The van der Waals surface area contributed by atoms with E-state index in [2.05, 4.69) is 33.8 Å². The largest absolute Gasteiger partial charge is 0.373 e. The van der Waals surface area contributed by atoms with Crippen molar-refractivity contribution in [2.24, 2.45) is 0 Å². The number of imidazole rings is 1. The van der Waals surface area contributed by atoms with Gasteiger partial charge < -0.3 is 19.8 Å². The summed E-state index contributed by atoms with van der Waals surface area (Å²) in [6.45, 7) is 1.29. The molecule has 6 heteroatoms. The number of aromatic nitrogens is 2. The van der Waals surface area contributed by atoms with Gasteiger partial charge in [0, 0.05) is 25.1 Å². The molecule has 0 radical (unpaired) electrons. The Balaban J connectivity index is 1.31. The molecule has 1 aliphatic rings. The fraction of sp³-hybridized carbons (Fsp3) is 0.263. The fourth-order valence-corrected chi connectivity index (χ4v) is 3.20. The minimum Gasteiger partial charge on any atom is -0.373 e. The lowest BCUT2D eigenvalue weighted by Crippen LogP contribution is -2.31. The van der Waals surface area contributed by atoms with Gasteiger partial charge in [-0.15, -0.1) is 0 Å². The van der Waals surface area contributed by atoms with E-state index in [-0.39, 0.29) is 12.1 Å². The highest BCUT2D eigenvalue weighted by atomic mass is 16.5. The Morgan fingerprint density at radius 3 is 3.16 bits per heavy atom. The molecule has 0 spiro atoms. The summed E-state index contributed by atoms with van der Waals surface area (Å²) in [7, 11) is 0. The van der Waals surface area contributed by atoms with Crippen LogP contribution in [-0.4, -0.2) is 28.6 Å². The van der Waals surface area contributed by atoms with Crippen LogP contribution in [0.2, 0.25) is 0 Å². The SMILES string of the molecule is O=C(NCCC1OCCc2ccccc21)Nc1ccc2nccn2c1. The van der Waals surface area contributed by atoms with Crippen molar-refractivity contribution in [1.82, 2.24) is 14.7 Å². The van der Waals surface area contributed by atoms with Crippen molar-refractivity contribution < 1.29 is 9.53 Å². The molecule has 1 aromatic carbocycles.